The first-order valence-corrected chi connectivity index (χ1v) is 6.43. The van der Waals surface area contributed by atoms with E-state index in [2.05, 4.69) is 5.16 Å². The minimum atomic E-state index is -0.0500. The zero-order valence-corrected chi connectivity index (χ0v) is 11.6. The first-order chi connectivity index (χ1) is 9.08. The largest absolute Gasteiger partial charge is 0.506 e. The van der Waals surface area contributed by atoms with Crippen LogP contribution in [-0.2, 0) is 0 Å². The molecule has 0 aliphatic carbocycles. The zero-order valence-electron chi connectivity index (χ0n) is 9.32. The van der Waals surface area contributed by atoms with Gasteiger partial charge in [0, 0.05) is 5.56 Å². The standard InChI is InChI=1S/C13H6Cl3NO2/c14-8-3-1-6(5-9(8)15)12-7-2-4-10(18)11(16)13(7)19-17-12/h1-5,18H. The van der Waals surface area contributed by atoms with Crippen molar-refractivity contribution in [1.29, 1.82) is 0 Å². The van der Waals surface area contributed by atoms with Crippen molar-refractivity contribution in [2.45, 2.75) is 0 Å². The Kier molecular flexibility index (Phi) is 3.05. The SMILES string of the molecule is Oc1ccc2c(-c3ccc(Cl)c(Cl)c3)noc2c1Cl. The highest BCUT2D eigenvalue weighted by atomic mass is 35.5. The van der Waals surface area contributed by atoms with Gasteiger partial charge in [-0.1, -0.05) is 46.0 Å². The van der Waals surface area contributed by atoms with Crippen molar-refractivity contribution < 1.29 is 9.63 Å². The number of phenolic OH excluding ortho intramolecular Hbond substituents is 1. The second-order valence-corrected chi connectivity index (χ2v) is 5.13. The van der Waals surface area contributed by atoms with Crippen LogP contribution in [0.5, 0.6) is 5.75 Å². The molecule has 0 atom stereocenters. The lowest BCUT2D eigenvalue weighted by Gasteiger charge is -2.00. The fraction of sp³-hybridized carbons (Fsp3) is 0. The van der Waals surface area contributed by atoms with Gasteiger partial charge in [0.2, 0.25) is 0 Å². The van der Waals surface area contributed by atoms with E-state index in [0.717, 1.165) is 5.56 Å². The second-order valence-electron chi connectivity index (χ2n) is 3.94. The van der Waals surface area contributed by atoms with Crippen molar-refractivity contribution in [3.8, 4) is 17.0 Å². The summed E-state index contributed by atoms with van der Waals surface area (Å²) in [5.41, 5.74) is 1.69. The molecule has 0 bridgehead atoms. The van der Waals surface area contributed by atoms with Crippen molar-refractivity contribution in [2.75, 3.05) is 0 Å². The van der Waals surface area contributed by atoms with Crippen molar-refractivity contribution in [2.24, 2.45) is 0 Å². The van der Waals surface area contributed by atoms with Crippen molar-refractivity contribution in [3.63, 3.8) is 0 Å². The summed E-state index contributed by atoms with van der Waals surface area (Å²) in [7, 11) is 0. The van der Waals surface area contributed by atoms with Crippen molar-refractivity contribution >= 4 is 45.8 Å². The minimum absolute atomic E-state index is 0.0500. The maximum atomic E-state index is 9.52. The third-order valence-electron chi connectivity index (χ3n) is 2.75. The van der Waals surface area contributed by atoms with E-state index >= 15 is 0 Å². The molecule has 0 saturated carbocycles. The Morgan fingerprint density at radius 2 is 1.79 bits per heavy atom. The normalized spacial score (nSPS) is 11.1. The highest BCUT2D eigenvalue weighted by Gasteiger charge is 2.16. The molecule has 0 aliphatic rings. The Labute approximate surface area is 123 Å². The lowest BCUT2D eigenvalue weighted by atomic mass is 10.1. The summed E-state index contributed by atoms with van der Waals surface area (Å²) in [4.78, 5) is 0. The first-order valence-electron chi connectivity index (χ1n) is 5.30. The summed E-state index contributed by atoms with van der Waals surface area (Å²) in [6.45, 7) is 0. The van der Waals surface area contributed by atoms with E-state index in [4.69, 9.17) is 39.3 Å². The molecule has 96 valence electrons. The molecule has 2 aromatic carbocycles. The van der Waals surface area contributed by atoms with Crippen LogP contribution in [0, 0.1) is 0 Å². The van der Waals surface area contributed by atoms with Gasteiger partial charge in [-0.05, 0) is 24.3 Å². The van der Waals surface area contributed by atoms with Crippen molar-refractivity contribution in [3.05, 3.63) is 45.4 Å². The lowest BCUT2D eigenvalue weighted by Crippen LogP contribution is -1.79. The quantitative estimate of drug-likeness (QED) is 0.674. The average Bonchev–Trinajstić information content (AvgIpc) is 2.82. The number of rotatable bonds is 1. The summed E-state index contributed by atoms with van der Waals surface area (Å²) in [5, 5.41) is 15.2. The lowest BCUT2D eigenvalue weighted by molar-refractivity contribution is 0.451. The van der Waals surface area contributed by atoms with Gasteiger partial charge in [0.25, 0.3) is 0 Å². The van der Waals surface area contributed by atoms with Gasteiger partial charge < -0.3 is 9.63 Å². The number of hydrogen-bond acceptors (Lipinski definition) is 3. The van der Waals surface area contributed by atoms with Crippen LogP contribution in [0.1, 0.15) is 0 Å². The number of phenols is 1. The summed E-state index contributed by atoms with van der Waals surface area (Å²) in [6.07, 6.45) is 0. The number of fused-ring (bicyclic) bond motifs is 1. The molecule has 1 N–H and O–H groups in total. The van der Waals surface area contributed by atoms with E-state index in [1.54, 1.807) is 24.3 Å². The highest BCUT2D eigenvalue weighted by Crippen LogP contribution is 2.38. The third kappa shape index (κ3) is 2.04. The number of aromatic nitrogens is 1. The van der Waals surface area contributed by atoms with Gasteiger partial charge in [-0.3, -0.25) is 0 Å². The van der Waals surface area contributed by atoms with Crippen molar-refractivity contribution in [1.82, 2.24) is 5.16 Å². The smallest absolute Gasteiger partial charge is 0.189 e. The highest BCUT2D eigenvalue weighted by molar-refractivity contribution is 6.42. The molecule has 19 heavy (non-hydrogen) atoms. The van der Waals surface area contributed by atoms with E-state index in [9.17, 15) is 5.11 Å². The molecule has 0 radical (unpaired) electrons. The van der Waals surface area contributed by atoms with Gasteiger partial charge in [0.1, 0.15) is 16.5 Å². The molecule has 3 aromatic rings. The van der Waals surface area contributed by atoms with Crippen LogP contribution >= 0.6 is 34.8 Å². The van der Waals surface area contributed by atoms with E-state index < -0.39 is 0 Å². The molecule has 6 heteroatoms. The number of halogens is 3. The molecular formula is C13H6Cl3NO2. The predicted molar refractivity (Wildman–Crippen MR) is 76.1 cm³/mol. The zero-order chi connectivity index (χ0) is 13.6. The second kappa shape index (κ2) is 4.60. The number of nitrogens with zero attached hydrogens (tertiary/aromatic N) is 1. The molecule has 1 aromatic heterocycles. The Hall–Kier alpha value is -1.42. The first kappa shape index (κ1) is 12.6. The average molecular weight is 315 g/mol. The van der Waals surface area contributed by atoms with Crippen LogP contribution in [0.4, 0.5) is 0 Å². The fourth-order valence-electron chi connectivity index (χ4n) is 1.81. The molecule has 0 unspecified atom stereocenters. The Morgan fingerprint density at radius 3 is 2.53 bits per heavy atom. The Bertz CT molecular complexity index is 783. The molecule has 0 saturated heterocycles. The van der Waals surface area contributed by atoms with E-state index in [0.29, 0.717) is 26.7 Å². The summed E-state index contributed by atoms with van der Waals surface area (Å²) in [6, 6.07) is 8.34. The maximum absolute atomic E-state index is 9.52. The molecular weight excluding hydrogens is 309 g/mol. The summed E-state index contributed by atoms with van der Waals surface area (Å²) >= 11 is 17.8. The van der Waals surface area contributed by atoms with Gasteiger partial charge in [0.05, 0.1) is 15.4 Å². The molecule has 0 aliphatic heterocycles. The fourth-order valence-corrected chi connectivity index (χ4v) is 2.31. The van der Waals surface area contributed by atoms with Crippen LogP contribution in [0.15, 0.2) is 34.9 Å². The van der Waals surface area contributed by atoms with Gasteiger partial charge in [-0.2, -0.15) is 0 Å². The van der Waals surface area contributed by atoms with Crippen LogP contribution in [-0.4, -0.2) is 10.3 Å². The molecule has 0 amide bonds. The summed E-state index contributed by atoms with van der Waals surface area (Å²) < 4.78 is 5.17. The van der Waals surface area contributed by atoms with Crippen LogP contribution < -0.4 is 0 Å². The molecule has 1 heterocycles. The molecule has 0 fully saturated rings. The molecule has 0 spiro atoms. The molecule has 3 rings (SSSR count). The van der Waals surface area contributed by atoms with Crippen LogP contribution in [0.2, 0.25) is 15.1 Å². The van der Waals surface area contributed by atoms with Crippen LogP contribution in [0.3, 0.4) is 0 Å². The molecule has 3 nitrogen and oxygen atoms in total. The van der Waals surface area contributed by atoms with E-state index in [1.165, 1.54) is 6.07 Å². The minimum Gasteiger partial charge on any atom is -0.506 e. The predicted octanol–water partition coefficient (Wildman–Crippen LogP) is 5.16. The van der Waals surface area contributed by atoms with Gasteiger partial charge in [-0.25, -0.2) is 0 Å². The van der Waals surface area contributed by atoms with E-state index in [-0.39, 0.29) is 10.8 Å². The summed E-state index contributed by atoms with van der Waals surface area (Å²) in [5.74, 6) is -0.0500. The monoisotopic (exact) mass is 313 g/mol. The topological polar surface area (TPSA) is 46.3 Å². The van der Waals surface area contributed by atoms with Crippen LogP contribution in [0.25, 0.3) is 22.2 Å². The number of aromatic hydroxyl groups is 1. The maximum Gasteiger partial charge on any atom is 0.189 e. The number of hydrogen-bond donors (Lipinski definition) is 1. The van der Waals surface area contributed by atoms with Gasteiger partial charge in [-0.15, -0.1) is 0 Å². The third-order valence-corrected chi connectivity index (χ3v) is 3.86. The number of benzene rings is 2. The van der Waals surface area contributed by atoms with Gasteiger partial charge in [0.15, 0.2) is 5.58 Å². The Morgan fingerprint density at radius 1 is 1.00 bits per heavy atom. The Balaban J connectivity index is 2.26. The van der Waals surface area contributed by atoms with E-state index in [1.807, 2.05) is 0 Å². The van der Waals surface area contributed by atoms with Gasteiger partial charge >= 0.3 is 0 Å².